The minimum Gasteiger partial charge on any atom is -0.341 e. The van der Waals surface area contributed by atoms with Gasteiger partial charge in [0, 0.05) is 5.88 Å². The first-order valence-electron chi connectivity index (χ1n) is 9.33. The standard InChI is InChI=1S/C22H26ClF2NO/c1-3-4-5-6-8-16-11-13-17(14-12-16)22(2,15-23)26-21(27)20-18(24)9-7-10-19(20)25/h7,9-14H,3-6,8,15H2,1-2H3,(H,26,27). The van der Waals surface area contributed by atoms with Gasteiger partial charge >= 0.3 is 0 Å². The summed E-state index contributed by atoms with van der Waals surface area (Å²) in [7, 11) is 0. The van der Waals surface area contributed by atoms with Gasteiger partial charge in [0.2, 0.25) is 0 Å². The van der Waals surface area contributed by atoms with E-state index in [1.165, 1.54) is 30.9 Å². The number of nitrogens with one attached hydrogen (secondary N) is 1. The van der Waals surface area contributed by atoms with Gasteiger partial charge in [-0.15, -0.1) is 11.6 Å². The molecule has 0 aliphatic heterocycles. The number of carbonyl (C=O) groups excluding carboxylic acids is 1. The Kier molecular flexibility index (Phi) is 7.78. The van der Waals surface area contributed by atoms with Crippen LogP contribution >= 0.6 is 11.6 Å². The molecule has 1 atom stereocenters. The van der Waals surface area contributed by atoms with Crippen LogP contribution in [0.2, 0.25) is 0 Å². The molecule has 0 heterocycles. The number of carbonyl (C=O) groups is 1. The number of aryl methyl sites for hydroxylation is 1. The Morgan fingerprint density at radius 3 is 2.22 bits per heavy atom. The van der Waals surface area contributed by atoms with Crippen molar-refractivity contribution in [3.8, 4) is 0 Å². The molecule has 0 saturated carbocycles. The number of benzene rings is 2. The molecule has 2 nitrogen and oxygen atoms in total. The Hall–Kier alpha value is -1.94. The Labute approximate surface area is 164 Å². The van der Waals surface area contributed by atoms with Crippen LogP contribution in [-0.4, -0.2) is 11.8 Å². The van der Waals surface area contributed by atoms with E-state index in [0.717, 1.165) is 30.5 Å². The molecule has 1 unspecified atom stereocenters. The average molecular weight is 394 g/mol. The third kappa shape index (κ3) is 5.52. The highest BCUT2D eigenvalue weighted by atomic mass is 35.5. The zero-order valence-corrected chi connectivity index (χ0v) is 16.6. The molecule has 1 amide bonds. The number of alkyl halides is 1. The van der Waals surface area contributed by atoms with Crippen LogP contribution < -0.4 is 5.32 Å². The summed E-state index contributed by atoms with van der Waals surface area (Å²) in [5, 5.41) is 2.69. The van der Waals surface area contributed by atoms with Crippen LogP contribution in [0, 0.1) is 11.6 Å². The van der Waals surface area contributed by atoms with Crippen molar-refractivity contribution in [1.82, 2.24) is 5.32 Å². The molecule has 146 valence electrons. The lowest BCUT2D eigenvalue weighted by Crippen LogP contribution is -2.45. The number of amides is 1. The van der Waals surface area contributed by atoms with Gasteiger partial charge < -0.3 is 5.32 Å². The Morgan fingerprint density at radius 2 is 1.67 bits per heavy atom. The van der Waals surface area contributed by atoms with E-state index >= 15 is 0 Å². The van der Waals surface area contributed by atoms with Crippen LogP contribution in [0.15, 0.2) is 42.5 Å². The number of hydrogen-bond donors (Lipinski definition) is 1. The molecule has 0 aliphatic rings. The fourth-order valence-electron chi connectivity index (χ4n) is 3.01. The van der Waals surface area contributed by atoms with Gasteiger partial charge in [-0.2, -0.15) is 0 Å². The van der Waals surface area contributed by atoms with Crippen molar-refractivity contribution in [1.29, 1.82) is 0 Å². The predicted octanol–water partition coefficient (Wildman–Crippen LogP) is 5.97. The van der Waals surface area contributed by atoms with Crippen LogP contribution in [0.1, 0.15) is 61.0 Å². The molecule has 0 bridgehead atoms. The number of unbranched alkanes of at least 4 members (excludes halogenated alkanes) is 3. The molecule has 2 aromatic carbocycles. The summed E-state index contributed by atoms with van der Waals surface area (Å²) in [6, 6.07) is 11.2. The maximum absolute atomic E-state index is 13.9. The van der Waals surface area contributed by atoms with E-state index in [0.29, 0.717) is 0 Å². The molecule has 2 rings (SSSR count). The summed E-state index contributed by atoms with van der Waals surface area (Å²) in [5.74, 6) is -2.54. The quantitative estimate of drug-likeness (QED) is 0.412. The molecule has 0 aromatic heterocycles. The van der Waals surface area contributed by atoms with Crippen molar-refractivity contribution in [3.63, 3.8) is 0 Å². The van der Waals surface area contributed by atoms with Gasteiger partial charge in [-0.1, -0.05) is 56.5 Å². The minimum atomic E-state index is -0.936. The zero-order valence-electron chi connectivity index (χ0n) is 15.8. The molecule has 1 N–H and O–H groups in total. The first-order chi connectivity index (χ1) is 12.9. The normalized spacial score (nSPS) is 13.2. The summed E-state index contributed by atoms with van der Waals surface area (Å²) in [5.41, 5.74) is 0.480. The molecule has 2 aromatic rings. The second-order valence-electron chi connectivity index (χ2n) is 7.02. The molecule has 0 radical (unpaired) electrons. The van der Waals surface area contributed by atoms with E-state index in [4.69, 9.17) is 11.6 Å². The smallest absolute Gasteiger partial charge is 0.257 e. The lowest BCUT2D eigenvalue weighted by molar-refractivity contribution is 0.0904. The second kappa shape index (κ2) is 9.84. The van der Waals surface area contributed by atoms with Crippen molar-refractivity contribution >= 4 is 17.5 Å². The van der Waals surface area contributed by atoms with Gasteiger partial charge in [0.15, 0.2) is 0 Å². The molecular weight excluding hydrogens is 368 g/mol. The summed E-state index contributed by atoms with van der Waals surface area (Å²) >= 11 is 6.11. The van der Waals surface area contributed by atoms with Gasteiger partial charge in [0.1, 0.15) is 17.2 Å². The molecule has 0 fully saturated rings. The van der Waals surface area contributed by atoms with Gasteiger partial charge in [-0.25, -0.2) is 8.78 Å². The van der Waals surface area contributed by atoms with Crippen LogP contribution in [-0.2, 0) is 12.0 Å². The molecule has 0 saturated heterocycles. The summed E-state index contributed by atoms with van der Waals surface area (Å²) in [4.78, 5) is 12.5. The van der Waals surface area contributed by atoms with E-state index in [2.05, 4.69) is 12.2 Å². The molecule has 0 aliphatic carbocycles. The SMILES string of the molecule is CCCCCCc1ccc(C(C)(CCl)NC(=O)c2c(F)cccc2F)cc1. The maximum Gasteiger partial charge on any atom is 0.257 e. The van der Waals surface area contributed by atoms with Crippen molar-refractivity contribution in [2.45, 2.75) is 51.5 Å². The largest absolute Gasteiger partial charge is 0.341 e. The summed E-state index contributed by atoms with van der Waals surface area (Å²) in [6.45, 7) is 3.93. The predicted molar refractivity (Wildman–Crippen MR) is 106 cm³/mol. The number of rotatable bonds is 9. The average Bonchev–Trinajstić information content (AvgIpc) is 2.65. The van der Waals surface area contributed by atoms with Crippen LogP contribution in [0.3, 0.4) is 0 Å². The first-order valence-corrected chi connectivity index (χ1v) is 9.86. The lowest BCUT2D eigenvalue weighted by atomic mass is 9.92. The Bertz CT molecular complexity index is 743. The monoisotopic (exact) mass is 393 g/mol. The highest BCUT2D eigenvalue weighted by molar-refractivity contribution is 6.19. The van der Waals surface area contributed by atoms with Crippen LogP contribution in [0.25, 0.3) is 0 Å². The van der Waals surface area contributed by atoms with E-state index in [1.807, 2.05) is 24.3 Å². The van der Waals surface area contributed by atoms with E-state index < -0.39 is 28.6 Å². The molecular formula is C22H26ClF2NO. The fourth-order valence-corrected chi connectivity index (χ4v) is 3.23. The third-order valence-electron chi connectivity index (χ3n) is 4.76. The minimum absolute atomic E-state index is 0.0741. The molecule has 0 spiro atoms. The lowest BCUT2D eigenvalue weighted by Gasteiger charge is -2.29. The Balaban J connectivity index is 2.13. The topological polar surface area (TPSA) is 29.1 Å². The van der Waals surface area contributed by atoms with Gasteiger partial charge in [0.25, 0.3) is 5.91 Å². The molecule has 27 heavy (non-hydrogen) atoms. The highest BCUT2D eigenvalue weighted by Gasteiger charge is 2.30. The maximum atomic E-state index is 13.9. The molecule has 5 heteroatoms. The fraction of sp³-hybridized carbons (Fsp3) is 0.409. The van der Waals surface area contributed by atoms with Crippen molar-refractivity contribution in [2.75, 3.05) is 5.88 Å². The number of halogens is 3. The van der Waals surface area contributed by atoms with Gasteiger partial charge in [-0.05, 0) is 43.0 Å². The second-order valence-corrected chi connectivity index (χ2v) is 7.29. The third-order valence-corrected chi connectivity index (χ3v) is 5.29. The van der Waals surface area contributed by atoms with E-state index in [-0.39, 0.29) is 5.88 Å². The van der Waals surface area contributed by atoms with Gasteiger partial charge in [0.05, 0.1) is 5.54 Å². The highest BCUT2D eigenvalue weighted by Crippen LogP contribution is 2.25. The van der Waals surface area contributed by atoms with Crippen molar-refractivity contribution in [2.24, 2.45) is 0 Å². The van der Waals surface area contributed by atoms with E-state index in [9.17, 15) is 13.6 Å². The van der Waals surface area contributed by atoms with Crippen LogP contribution in [0.4, 0.5) is 8.78 Å². The summed E-state index contributed by atoms with van der Waals surface area (Å²) in [6.07, 6.45) is 5.80. The summed E-state index contributed by atoms with van der Waals surface area (Å²) < 4.78 is 27.7. The zero-order chi connectivity index (χ0) is 19.9. The van der Waals surface area contributed by atoms with Crippen LogP contribution in [0.5, 0.6) is 0 Å². The van der Waals surface area contributed by atoms with Crippen molar-refractivity contribution < 1.29 is 13.6 Å². The van der Waals surface area contributed by atoms with E-state index in [1.54, 1.807) is 6.92 Å². The first kappa shape index (κ1) is 21.4. The van der Waals surface area contributed by atoms with Gasteiger partial charge in [-0.3, -0.25) is 4.79 Å². The number of hydrogen-bond acceptors (Lipinski definition) is 1. The Morgan fingerprint density at radius 1 is 1.04 bits per heavy atom. The van der Waals surface area contributed by atoms with Crippen molar-refractivity contribution in [3.05, 3.63) is 70.8 Å².